The fourth-order valence-electron chi connectivity index (χ4n) is 3.01. The number of nitrogens with zero attached hydrogens (tertiary/aromatic N) is 1. The van der Waals surface area contributed by atoms with Gasteiger partial charge in [-0.1, -0.05) is 6.07 Å². The Bertz CT molecular complexity index is 1220. The number of fused-ring (bicyclic) bond motifs is 2. The number of hydrogen-bond acceptors (Lipinski definition) is 4. The first-order valence-electron chi connectivity index (χ1n) is 8.74. The summed E-state index contributed by atoms with van der Waals surface area (Å²) < 4.78 is 46.1. The van der Waals surface area contributed by atoms with Crippen molar-refractivity contribution in [1.82, 2.24) is 0 Å². The summed E-state index contributed by atoms with van der Waals surface area (Å²) in [7, 11) is -2.61. The molecule has 1 N–H and O–H groups in total. The number of amides is 1. The van der Waals surface area contributed by atoms with Crippen LogP contribution in [0.25, 0.3) is 0 Å². The smallest absolute Gasteiger partial charge is 0.264 e. The van der Waals surface area contributed by atoms with Crippen LogP contribution in [0, 0.1) is 12.7 Å². The van der Waals surface area contributed by atoms with Gasteiger partial charge in [-0.05, 0) is 67.1 Å². The standard InChI is InChI=1S/C21H17FN2O4S/c1-13-3-9-18-20(11-13)28-19-10-8-16(12-17(19)21(25)23-18)29(26,27)24(2)15-6-4-14(22)5-7-15/h3-12H,1-2H3,(H,23,25). The Labute approximate surface area is 167 Å². The second-order valence-electron chi connectivity index (χ2n) is 6.66. The van der Waals surface area contributed by atoms with Crippen molar-refractivity contribution in [2.24, 2.45) is 0 Å². The van der Waals surface area contributed by atoms with Gasteiger partial charge in [-0.15, -0.1) is 0 Å². The van der Waals surface area contributed by atoms with Gasteiger partial charge in [0, 0.05) is 7.05 Å². The van der Waals surface area contributed by atoms with Gasteiger partial charge < -0.3 is 10.1 Å². The number of aryl methyl sites for hydroxylation is 1. The highest BCUT2D eigenvalue weighted by molar-refractivity contribution is 7.92. The van der Waals surface area contributed by atoms with Crippen LogP contribution in [0.5, 0.6) is 11.5 Å². The maximum Gasteiger partial charge on any atom is 0.264 e. The van der Waals surface area contributed by atoms with Crippen molar-refractivity contribution in [3.05, 3.63) is 77.6 Å². The van der Waals surface area contributed by atoms with Crippen LogP contribution >= 0.6 is 0 Å². The van der Waals surface area contributed by atoms with Crippen molar-refractivity contribution in [2.45, 2.75) is 11.8 Å². The molecule has 6 nitrogen and oxygen atoms in total. The van der Waals surface area contributed by atoms with Gasteiger partial charge in [0.2, 0.25) is 0 Å². The van der Waals surface area contributed by atoms with Crippen molar-refractivity contribution in [3.63, 3.8) is 0 Å². The van der Waals surface area contributed by atoms with Crippen LogP contribution in [0.15, 0.2) is 65.6 Å². The Morgan fingerprint density at radius 3 is 2.41 bits per heavy atom. The lowest BCUT2D eigenvalue weighted by atomic mass is 10.2. The number of anilines is 2. The van der Waals surface area contributed by atoms with Gasteiger partial charge in [0.1, 0.15) is 11.6 Å². The van der Waals surface area contributed by atoms with E-state index in [0.29, 0.717) is 17.1 Å². The first-order chi connectivity index (χ1) is 13.8. The highest BCUT2D eigenvalue weighted by Gasteiger charge is 2.27. The Balaban J connectivity index is 1.73. The number of benzene rings is 3. The number of carbonyl (C=O) groups is 1. The van der Waals surface area contributed by atoms with E-state index in [1.165, 1.54) is 49.5 Å². The van der Waals surface area contributed by atoms with E-state index in [0.717, 1.165) is 9.87 Å². The summed E-state index contributed by atoms with van der Waals surface area (Å²) in [6, 6.07) is 14.6. The fraction of sp³-hybridized carbons (Fsp3) is 0.0952. The third-order valence-electron chi connectivity index (χ3n) is 4.65. The quantitative estimate of drug-likeness (QED) is 0.695. The predicted molar refractivity (Wildman–Crippen MR) is 108 cm³/mol. The SMILES string of the molecule is Cc1ccc2c(c1)Oc1ccc(S(=O)(=O)N(C)c3ccc(F)cc3)cc1C(=O)N2. The Morgan fingerprint density at radius 2 is 1.69 bits per heavy atom. The Kier molecular flexibility index (Phi) is 4.50. The highest BCUT2D eigenvalue weighted by Crippen LogP contribution is 2.37. The van der Waals surface area contributed by atoms with Gasteiger partial charge in [0.05, 0.1) is 21.8 Å². The Morgan fingerprint density at radius 1 is 0.966 bits per heavy atom. The van der Waals surface area contributed by atoms with E-state index in [1.807, 2.05) is 13.0 Å². The number of rotatable bonds is 3. The van der Waals surface area contributed by atoms with Crippen LogP contribution in [0.2, 0.25) is 0 Å². The van der Waals surface area contributed by atoms with Gasteiger partial charge in [-0.3, -0.25) is 9.10 Å². The molecule has 1 aliphatic heterocycles. The highest BCUT2D eigenvalue weighted by atomic mass is 32.2. The summed E-state index contributed by atoms with van der Waals surface area (Å²) in [5, 5.41) is 2.74. The molecular weight excluding hydrogens is 395 g/mol. The van der Waals surface area contributed by atoms with E-state index < -0.39 is 21.7 Å². The van der Waals surface area contributed by atoms with Gasteiger partial charge in [0.25, 0.3) is 15.9 Å². The first kappa shape index (κ1) is 18.9. The van der Waals surface area contributed by atoms with Crippen molar-refractivity contribution < 1.29 is 22.3 Å². The zero-order chi connectivity index (χ0) is 20.8. The number of halogens is 1. The molecule has 0 spiro atoms. The van der Waals surface area contributed by atoms with Crippen LogP contribution in [0.1, 0.15) is 15.9 Å². The topological polar surface area (TPSA) is 75.7 Å². The fourth-order valence-corrected chi connectivity index (χ4v) is 4.23. The van der Waals surface area contributed by atoms with E-state index in [2.05, 4.69) is 5.32 Å². The second-order valence-corrected chi connectivity index (χ2v) is 8.63. The molecule has 0 aliphatic carbocycles. The van der Waals surface area contributed by atoms with E-state index in [-0.39, 0.29) is 16.2 Å². The van der Waals surface area contributed by atoms with Crippen molar-refractivity contribution >= 4 is 27.3 Å². The molecule has 1 aliphatic rings. The molecule has 3 aromatic carbocycles. The molecule has 0 unspecified atom stereocenters. The normalized spacial score (nSPS) is 12.9. The molecule has 3 aromatic rings. The predicted octanol–water partition coefficient (Wildman–Crippen LogP) is 4.32. The van der Waals surface area contributed by atoms with Gasteiger partial charge in [-0.25, -0.2) is 12.8 Å². The summed E-state index contributed by atoms with van der Waals surface area (Å²) >= 11 is 0. The molecule has 0 atom stereocenters. The molecule has 1 heterocycles. The van der Waals surface area contributed by atoms with Crippen molar-refractivity contribution in [2.75, 3.05) is 16.7 Å². The number of carbonyl (C=O) groups excluding carboxylic acids is 1. The third-order valence-corrected chi connectivity index (χ3v) is 6.43. The Hall–Kier alpha value is -3.39. The molecule has 29 heavy (non-hydrogen) atoms. The minimum absolute atomic E-state index is 0.0797. The van der Waals surface area contributed by atoms with Crippen LogP contribution in [-0.2, 0) is 10.0 Å². The molecular formula is C21H17FN2O4S. The number of hydrogen-bond donors (Lipinski definition) is 1. The third kappa shape index (κ3) is 3.42. The minimum Gasteiger partial charge on any atom is -0.454 e. The summed E-state index contributed by atoms with van der Waals surface area (Å²) in [6.45, 7) is 1.90. The number of sulfonamides is 1. The van der Waals surface area contributed by atoms with Gasteiger partial charge in [0.15, 0.2) is 5.75 Å². The second kappa shape index (κ2) is 6.89. The lowest BCUT2D eigenvalue weighted by Crippen LogP contribution is -2.26. The van der Waals surface area contributed by atoms with E-state index in [4.69, 9.17) is 4.74 Å². The van der Waals surface area contributed by atoms with Crippen LogP contribution in [0.4, 0.5) is 15.8 Å². The molecule has 0 radical (unpaired) electrons. The lowest BCUT2D eigenvalue weighted by Gasteiger charge is -2.20. The molecule has 4 rings (SSSR count). The number of nitrogens with one attached hydrogen (secondary N) is 1. The minimum atomic E-state index is -3.97. The van der Waals surface area contributed by atoms with Crippen molar-refractivity contribution in [1.29, 1.82) is 0 Å². The first-order valence-corrected chi connectivity index (χ1v) is 10.2. The van der Waals surface area contributed by atoms with Crippen LogP contribution in [0.3, 0.4) is 0 Å². The summed E-state index contributed by atoms with van der Waals surface area (Å²) in [5.74, 6) is -0.191. The lowest BCUT2D eigenvalue weighted by molar-refractivity contribution is 0.102. The summed E-state index contributed by atoms with van der Waals surface area (Å²) in [6.07, 6.45) is 0. The average Bonchev–Trinajstić information content (AvgIpc) is 2.83. The molecule has 1 amide bonds. The largest absolute Gasteiger partial charge is 0.454 e. The molecule has 0 saturated heterocycles. The zero-order valence-electron chi connectivity index (χ0n) is 15.6. The zero-order valence-corrected chi connectivity index (χ0v) is 16.5. The maximum atomic E-state index is 13.2. The molecule has 0 aromatic heterocycles. The maximum absolute atomic E-state index is 13.2. The van der Waals surface area contributed by atoms with Gasteiger partial charge >= 0.3 is 0 Å². The monoisotopic (exact) mass is 412 g/mol. The molecule has 0 fully saturated rings. The van der Waals surface area contributed by atoms with Crippen LogP contribution < -0.4 is 14.4 Å². The molecule has 8 heteroatoms. The summed E-state index contributed by atoms with van der Waals surface area (Å²) in [4.78, 5) is 12.6. The number of ether oxygens (including phenoxy) is 1. The van der Waals surface area contributed by atoms with E-state index in [1.54, 1.807) is 12.1 Å². The van der Waals surface area contributed by atoms with Crippen LogP contribution in [-0.4, -0.2) is 21.4 Å². The molecule has 148 valence electrons. The van der Waals surface area contributed by atoms with E-state index in [9.17, 15) is 17.6 Å². The van der Waals surface area contributed by atoms with Gasteiger partial charge in [-0.2, -0.15) is 0 Å². The molecule has 0 bridgehead atoms. The molecule has 0 saturated carbocycles. The summed E-state index contributed by atoms with van der Waals surface area (Å²) in [5.41, 5.74) is 1.86. The average molecular weight is 412 g/mol. The van der Waals surface area contributed by atoms with Crippen molar-refractivity contribution in [3.8, 4) is 11.5 Å². The van der Waals surface area contributed by atoms with E-state index >= 15 is 0 Å².